The molecule has 1 heterocycles. The first-order valence-electron chi connectivity index (χ1n) is 5.63. The Hall–Kier alpha value is -0.970. The van der Waals surface area contributed by atoms with E-state index in [1.165, 1.54) is 12.8 Å². The summed E-state index contributed by atoms with van der Waals surface area (Å²) in [5.74, 6) is 0. The predicted octanol–water partition coefficient (Wildman–Crippen LogP) is 5.03. The molecule has 19 heavy (non-hydrogen) atoms. The highest BCUT2D eigenvalue weighted by Gasteiger charge is 2.30. The molecule has 0 aliphatic carbocycles. The Labute approximate surface area is 120 Å². The van der Waals surface area contributed by atoms with Gasteiger partial charge in [0.25, 0.3) is 0 Å². The molecule has 0 atom stereocenters. The van der Waals surface area contributed by atoms with Gasteiger partial charge in [-0.3, -0.25) is 4.98 Å². The molecule has 1 aromatic rings. The molecule has 0 spiro atoms. The molecule has 0 aromatic carbocycles. The van der Waals surface area contributed by atoms with Crippen LogP contribution in [0.4, 0.5) is 13.2 Å². The lowest BCUT2D eigenvalue weighted by atomic mass is 10.3. The van der Waals surface area contributed by atoms with E-state index in [9.17, 15) is 13.2 Å². The second-order valence-corrected chi connectivity index (χ2v) is 4.19. The highest BCUT2D eigenvalue weighted by Crippen LogP contribution is 2.29. The first-order valence-corrected chi connectivity index (χ1v) is 6.41. The van der Waals surface area contributed by atoms with Gasteiger partial charge in [0.15, 0.2) is 0 Å². The highest BCUT2D eigenvalue weighted by molar-refractivity contribution is 7.78. The van der Waals surface area contributed by atoms with Crippen molar-refractivity contribution >= 4 is 29.0 Å². The maximum absolute atomic E-state index is 11.9. The number of alkyl halides is 3. The standard InChI is InChI=1S/C6H3ClF3N.C6H11NS/c7-5-1-4(2-11-3-5)6(8,9)10;1-2-3-4-5-7-6-8/h1-3H;2-5H2,1H3. The largest absolute Gasteiger partial charge is 0.417 e. The molecule has 0 saturated carbocycles. The van der Waals surface area contributed by atoms with E-state index in [0.717, 1.165) is 31.4 Å². The Kier molecular flexibility index (Phi) is 9.39. The second kappa shape index (κ2) is 9.89. The van der Waals surface area contributed by atoms with E-state index in [1.54, 1.807) is 0 Å². The Morgan fingerprint density at radius 1 is 1.37 bits per heavy atom. The van der Waals surface area contributed by atoms with Gasteiger partial charge in [0.2, 0.25) is 0 Å². The zero-order valence-electron chi connectivity index (χ0n) is 10.4. The van der Waals surface area contributed by atoms with Crippen LogP contribution in [0.15, 0.2) is 23.5 Å². The molecule has 0 saturated heterocycles. The summed E-state index contributed by atoms with van der Waals surface area (Å²) >= 11 is 9.67. The van der Waals surface area contributed by atoms with Crippen LogP contribution in [0, 0.1) is 0 Å². The maximum Gasteiger partial charge on any atom is 0.417 e. The van der Waals surface area contributed by atoms with Crippen molar-refractivity contribution < 1.29 is 13.2 Å². The van der Waals surface area contributed by atoms with Crippen molar-refractivity contribution in [1.29, 1.82) is 0 Å². The molecule has 0 aliphatic rings. The average Bonchev–Trinajstić information content (AvgIpc) is 2.35. The smallest absolute Gasteiger partial charge is 0.263 e. The fourth-order valence-electron chi connectivity index (χ4n) is 1.05. The number of pyridine rings is 1. The summed E-state index contributed by atoms with van der Waals surface area (Å²) in [5.41, 5.74) is -0.829. The van der Waals surface area contributed by atoms with E-state index in [-0.39, 0.29) is 5.02 Å². The van der Waals surface area contributed by atoms with Crippen LogP contribution >= 0.6 is 23.8 Å². The summed E-state index contributed by atoms with van der Waals surface area (Å²) in [7, 11) is 0. The van der Waals surface area contributed by atoms with Gasteiger partial charge in [0.05, 0.1) is 15.7 Å². The fraction of sp³-hybridized carbons (Fsp3) is 0.500. The van der Waals surface area contributed by atoms with Gasteiger partial charge in [0.1, 0.15) is 0 Å². The molecular weight excluding hydrogens is 297 g/mol. The van der Waals surface area contributed by atoms with Gasteiger partial charge in [-0.2, -0.15) is 13.2 Å². The molecule has 1 rings (SSSR count). The normalized spacial score (nSPS) is 10.2. The monoisotopic (exact) mass is 310 g/mol. The number of aromatic nitrogens is 1. The van der Waals surface area contributed by atoms with Crippen molar-refractivity contribution in [2.24, 2.45) is 4.99 Å². The number of hydrogen-bond acceptors (Lipinski definition) is 3. The Morgan fingerprint density at radius 2 is 2.05 bits per heavy atom. The van der Waals surface area contributed by atoms with Crippen molar-refractivity contribution in [2.45, 2.75) is 32.4 Å². The van der Waals surface area contributed by atoms with Gasteiger partial charge in [-0.1, -0.05) is 31.4 Å². The second-order valence-electron chi connectivity index (χ2n) is 3.57. The lowest BCUT2D eigenvalue weighted by Gasteiger charge is -2.04. The Morgan fingerprint density at radius 3 is 2.47 bits per heavy atom. The SMILES string of the molecule is CCCCCN=C=S.FC(F)(F)c1cncc(Cl)c1. The van der Waals surface area contributed by atoms with E-state index in [0.29, 0.717) is 0 Å². The summed E-state index contributed by atoms with van der Waals surface area (Å²) in [6.07, 6.45) is 1.16. The number of aliphatic imine (C=N–C) groups is 1. The molecule has 0 amide bonds. The molecule has 1 aromatic heterocycles. The third-order valence-corrected chi connectivity index (χ3v) is 2.31. The number of halogens is 4. The van der Waals surface area contributed by atoms with Gasteiger partial charge in [0, 0.05) is 18.9 Å². The van der Waals surface area contributed by atoms with Crippen molar-refractivity contribution in [3.63, 3.8) is 0 Å². The predicted molar refractivity (Wildman–Crippen MR) is 73.7 cm³/mol. The van der Waals surface area contributed by atoms with E-state index >= 15 is 0 Å². The Balaban J connectivity index is 0.000000362. The van der Waals surface area contributed by atoms with Crippen molar-refractivity contribution in [3.05, 3.63) is 29.0 Å². The number of nitrogens with zero attached hydrogens (tertiary/aromatic N) is 2. The van der Waals surface area contributed by atoms with Crippen LogP contribution in [0.1, 0.15) is 31.7 Å². The number of thiocarbonyl (C=S) groups is 1. The third-order valence-electron chi connectivity index (χ3n) is 1.97. The lowest BCUT2D eigenvalue weighted by Crippen LogP contribution is -2.04. The molecule has 0 N–H and O–H groups in total. The molecule has 2 nitrogen and oxygen atoms in total. The van der Waals surface area contributed by atoms with Crippen molar-refractivity contribution in [1.82, 2.24) is 4.98 Å². The molecule has 0 bridgehead atoms. The minimum absolute atomic E-state index is 0.0141. The van der Waals surface area contributed by atoms with Crippen molar-refractivity contribution in [2.75, 3.05) is 6.54 Å². The topological polar surface area (TPSA) is 25.2 Å². The summed E-state index contributed by atoms with van der Waals surface area (Å²) in [6.45, 7) is 3.03. The zero-order valence-corrected chi connectivity index (χ0v) is 11.9. The van der Waals surface area contributed by atoms with E-state index in [4.69, 9.17) is 11.6 Å². The van der Waals surface area contributed by atoms with Crippen LogP contribution in [0.2, 0.25) is 5.02 Å². The summed E-state index contributed by atoms with van der Waals surface area (Å²) < 4.78 is 35.6. The maximum atomic E-state index is 11.9. The number of rotatable bonds is 4. The molecule has 7 heteroatoms. The summed E-state index contributed by atoms with van der Waals surface area (Å²) in [5, 5.41) is 2.32. The first-order chi connectivity index (χ1) is 8.91. The molecule has 0 fully saturated rings. The summed E-state index contributed by atoms with van der Waals surface area (Å²) in [6, 6.07) is 0.828. The van der Waals surface area contributed by atoms with Crippen LogP contribution in [0.25, 0.3) is 0 Å². The third kappa shape index (κ3) is 9.59. The van der Waals surface area contributed by atoms with Gasteiger partial charge < -0.3 is 0 Å². The minimum atomic E-state index is -4.36. The summed E-state index contributed by atoms with van der Waals surface area (Å²) in [4.78, 5) is 7.07. The minimum Gasteiger partial charge on any atom is -0.263 e. The average molecular weight is 311 g/mol. The molecule has 0 unspecified atom stereocenters. The van der Waals surface area contributed by atoms with Gasteiger partial charge in [-0.05, 0) is 24.7 Å². The van der Waals surface area contributed by atoms with E-state index < -0.39 is 11.7 Å². The number of hydrogen-bond donors (Lipinski definition) is 0. The van der Waals surface area contributed by atoms with E-state index in [1.807, 2.05) is 0 Å². The zero-order chi connectivity index (χ0) is 14.7. The van der Waals surface area contributed by atoms with Crippen LogP contribution < -0.4 is 0 Å². The molecule has 106 valence electrons. The van der Waals surface area contributed by atoms with Crippen molar-refractivity contribution in [3.8, 4) is 0 Å². The van der Waals surface area contributed by atoms with Gasteiger partial charge in [-0.25, -0.2) is 4.99 Å². The molecule has 0 radical (unpaired) electrons. The quantitative estimate of drug-likeness (QED) is 0.442. The highest BCUT2D eigenvalue weighted by atomic mass is 35.5. The van der Waals surface area contributed by atoms with E-state index in [2.05, 4.69) is 34.3 Å². The fourth-order valence-corrected chi connectivity index (χ4v) is 1.32. The Bertz CT molecular complexity index is 418. The molecular formula is C12H14ClF3N2S. The van der Waals surface area contributed by atoms with Gasteiger partial charge in [-0.15, -0.1) is 0 Å². The lowest BCUT2D eigenvalue weighted by molar-refractivity contribution is -0.137. The first kappa shape index (κ1) is 18.0. The van der Waals surface area contributed by atoms with Crippen LogP contribution in [0.3, 0.4) is 0 Å². The number of isothiocyanates is 1. The van der Waals surface area contributed by atoms with Crippen LogP contribution in [-0.4, -0.2) is 16.7 Å². The number of unbranched alkanes of at least 4 members (excludes halogenated alkanes) is 2. The van der Waals surface area contributed by atoms with Crippen LogP contribution in [0.5, 0.6) is 0 Å². The molecule has 0 aliphatic heterocycles. The van der Waals surface area contributed by atoms with Gasteiger partial charge >= 0.3 is 6.18 Å². The van der Waals surface area contributed by atoms with Crippen LogP contribution in [-0.2, 0) is 6.18 Å².